The van der Waals surface area contributed by atoms with Crippen molar-refractivity contribution in [1.82, 2.24) is 15.3 Å². The van der Waals surface area contributed by atoms with Gasteiger partial charge in [0.2, 0.25) is 0 Å². The number of benzene rings is 2. The number of hydrogen-bond acceptors (Lipinski definition) is 11. The Balaban J connectivity index is 1.97. The summed E-state index contributed by atoms with van der Waals surface area (Å²) in [7, 11) is 0. The highest BCUT2D eigenvalue weighted by Crippen LogP contribution is 2.37. The molecule has 2 aromatic carbocycles. The minimum Gasteiger partial charge on any atom is -0.488 e. The van der Waals surface area contributed by atoms with E-state index in [-0.39, 0.29) is 36.0 Å². The summed E-state index contributed by atoms with van der Waals surface area (Å²) in [4.78, 5) is 43.8. The fourth-order valence-corrected chi connectivity index (χ4v) is 4.17. The Labute approximate surface area is 269 Å². The molecule has 0 saturated carbocycles. The third kappa shape index (κ3) is 11.1. The maximum Gasteiger partial charge on any atom is 0.416 e. The monoisotopic (exact) mass is 665 g/mol. The van der Waals surface area contributed by atoms with Crippen LogP contribution < -0.4 is 20.1 Å². The van der Waals surface area contributed by atoms with E-state index in [4.69, 9.17) is 18.9 Å². The van der Waals surface area contributed by atoms with Gasteiger partial charge in [0.1, 0.15) is 29.5 Å². The zero-order valence-corrected chi connectivity index (χ0v) is 27.3. The third-order valence-corrected chi connectivity index (χ3v) is 6.00. The van der Waals surface area contributed by atoms with Crippen LogP contribution in [0.15, 0.2) is 30.3 Å². The number of fused-ring (bicyclic) bond motifs is 1. The van der Waals surface area contributed by atoms with Crippen LogP contribution in [-0.2, 0) is 20.4 Å². The Bertz CT molecular complexity index is 1630. The zero-order valence-electron chi connectivity index (χ0n) is 27.3. The number of esters is 1. The fraction of sp³-hybridized carbons (Fsp3) is 0.484. The average molecular weight is 666 g/mol. The quantitative estimate of drug-likeness (QED) is 0.0974. The standard InChI is InChI=1S/C31H38F3N5O8/c1-17(19-11-20(31(32,33)34)13-21(12-19)39(42)43)36-27-22-14-24(45-16-26(40)46-29(3,4)5)25(15-23(22)37-18(2)38-27)44-10-9-35-28(41)47-30(6,7)8/h11-15,17H,9-10,16H2,1-8H3,(H,35,41)(H,36,37,38)/t17-/m1/s1. The summed E-state index contributed by atoms with van der Waals surface area (Å²) in [5.41, 5.74) is -3.00. The van der Waals surface area contributed by atoms with Crippen LogP contribution >= 0.6 is 0 Å². The Morgan fingerprint density at radius 3 is 2.17 bits per heavy atom. The van der Waals surface area contributed by atoms with Crippen LogP contribution in [0.25, 0.3) is 10.9 Å². The minimum absolute atomic E-state index is 0.00483. The van der Waals surface area contributed by atoms with Crippen molar-refractivity contribution in [1.29, 1.82) is 0 Å². The van der Waals surface area contributed by atoms with Gasteiger partial charge in [-0.15, -0.1) is 0 Å². The van der Waals surface area contributed by atoms with E-state index >= 15 is 0 Å². The van der Waals surface area contributed by atoms with Crippen LogP contribution in [0.1, 0.15) is 71.5 Å². The van der Waals surface area contributed by atoms with Crippen LogP contribution in [0.2, 0.25) is 0 Å². The number of alkyl halides is 3. The molecule has 13 nitrogen and oxygen atoms in total. The Hall–Kier alpha value is -4.89. The molecule has 0 bridgehead atoms. The van der Waals surface area contributed by atoms with E-state index in [9.17, 15) is 32.9 Å². The fourth-order valence-electron chi connectivity index (χ4n) is 4.17. The largest absolute Gasteiger partial charge is 0.488 e. The number of nitrogens with zero attached hydrogens (tertiary/aromatic N) is 3. The van der Waals surface area contributed by atoms with Gasteiger partial charge >= 0.3 is 18.2 Å². The predicted molar refractivity (Wildman–Crippen MR) is 165 cm³/mol. The van der Waals surface area contributed by atoms with Crippen LogP contribution in [0.4, 0.5) is 29.5 Å². The van der Waals surface area contributed by atoms with Crippen LogP contribution in [0.5, 0.6) is 11.5 Å². The lowest BCUT2D eigenvalue weighted by Gasteiger charge is -2.21. The molecule has 3 aromatic rings. The van der Waals surface area contributed by atoms with Gasteiger partial charge in [-0.25, -0.2) is 19.6 Å². The summed E-state index contributed by atoms with van der Waals surface area (Å²) in [5, 5.41) is 17.3. The minimum atomic E-state index is -4.81. The van der Waals surface area contributed by atoms with Crippen LogP contribution in [-0.4, -0.2) is 57.9 Å². The van der Waals surface area contributed by atoms with Gasteiger partial charge < -0.3 is 29.6 Å². The highest BCUT2D eigenvalue weighted by atomic mass is 19.4. The molecule has 16 heteroatoms. The molecule has 256 valence electrons. The zero-order chi connectivity index (χ0) is 35.3. The van der Waals surface area contributed by atoms with Crippen molar-refractivity contribution < 1.29 is 46.6 Å². The predicted octanol–water partition coefficient (Wildman–Crippen LogP) is 6.66. The number of carbonyl (C=O) groups excluding carboxylic acids is 2. The molecule has 0 radical (unpaired) electrons. The second kappa shape index (κ2) is 14.3. The molecular weight excluding hydrogens is 627 g/mol. The molecule has 1 heterocycles. The smallest absolute Gasteiger partial charge is 0.416 e. The van der Waals surface area contributed by atoms with Crippen molar-refractivity contribution in [2.75, 3.05) is 25.1 Å². The van der Waals surface area contributed by atoms with Gasteiger partial charge in [0, 0.05) is 23.6 Å². The Morgan fingerprint density at radius 2 is 1.57 bits per heavy atom. The summed E-state index contributed by atoms with van der Waals surface area (Å²) >= 11 is 0. The summed E-state index contributed by atoms with van der Waals surface area (Å²) in [6.45, 7) is 13.0. The summed E-state index contributed by atoms with van der Waals surface area (Å²) in [6, 6.07) is 4.48. The van der Waals surface area contributed by atoms with Gasteiger partial charge in [-0.3, -0.25) is 10.1 Å². The number of amides is 1. The number of nitro benzene ring substituents is 1. The van der Waals surface area contributed by atoms with Crippen LogP contribution in [0.3, 0.4) is 0 Å². The lowest BCUT2D eigenvalue weighted by molar-refractivity contribution is -0.385. The first-order valence-corrected chi connectivity index (χ1v) is 14.5. The summed E-state index contributed by atoms with van der Waals surface area (Å²) < 4.78 is 62.8. The number of anilines is 1. The number of non-ortho nitro benzene ring substituents is 1. The molecule has 1 aromatic heterocycles. The van der Waals surface area contributed by atoms with Crippen molar-refractivity contribution in [2.24, 2.45) is 0 Å². The molecule has 1 amide bonds. The number of nitrogens with one attached hydrogen (secondary N) is 2. The summed E-state index contributed by atoms with van der Waals surface area (Å²) in [6.07, 6.45) is -5.45. The molecule has 2 N–H and O–H groups in total. The molecule has 0 spiro atoms. The van der Waals surface area contributed by atoms with E-state index in [2.05, 4.69) is 20.6 Å². The first-order chi connectivity index (χ1) is 21.6. The third-order valence-electron chi connectivity index (χ3n) is 6.00. The van der Waals surface area contributed by atoms with E-state index in [0.29, 0.717) is 22.8 Å². The van der Waals surface area contributed by atoms with Gasteiger partial charge in [-0.05, 0) is 73.1 Å². The van der Waals surface area contributed by atoms with Crippen molar-refractivity contribution >= 4 is 34.5 Å². The highest BCUT2D eigenvalue weighted by Gasteiger charge is 2.33. The molecule has 3 rings (SSSR count). The van der Waals surface area contributed by atoms with E-state index in [1.165, 1.54) is 19.1 Å². The van der Waals surface area contributed by atoms with E-state index in [0.717, 1.165) is 12.1 Å². The highest BCUT2D eigenvalue weighted by molar-refractivity contribution is 5.92. The van der Waals surface area contributed by atoms with E-state index in [1.54, 1.807) is 48.5 Å². The summed E-state index contributed by atoms with van der Waals surface area (Å²) in [5.74, 6) is 0.0621. The molecule has 0 saturated heterocycles. The normalized spacial score (nSPS) is 12.7. The maximum atomic E-state index is 13.5. The number of aryl methyl sites for hydroxylation is 1. The Morgan fingerprint density at radius 1 is 0.936 bits per heavy atom. The van der Waals surface area contributed by atoms with Crippen molar-refractivity contribution in [3.05, 3.63) is 57.4 Å². The lowest BCUT2D eigenvalue weighted by atomic mass is 10.0. The Kier molecular flexibility index (Phi) is 11.1. The van der Waals surface area contributed by atoms with Gasteiger partial charge in [0.05, 0.1) is 28.6 Å². The van der Waals surface area contributed by atoms with Gasteiger partial charge in [0.25, 0.3) is 5.69 Å². The number of halogens is 3. The van der Waals surface area contributed by atoms with E-state index in [1.807, 2.05) is 0 Å². The molecule has 1 atom stereocenters. The van der Waals surface area contributed by atoms with Crippen molar-refractivity contribution in [3.63, 3.8) is 0 Å². The maximum absolute atomic E-state index is 13.5. The van der Waals surface area contributed by atoms with Gasteiger partial charge in [-0.2, -0.15) is 13.2 Å². The average Bonchev–Trinajstić information content (AvgIpc) is 2.91. The van der Waals surface area contributed by atoms with Crippen LogP contribution in [0, 0.1) is 17.0 Å². The lowest BCUT2D eigenvalue weighted by Crippen LogP contribution is -2.34. The number of nitro groups is 1. The van der Waals surface area contributed by atoms with E-state index < -0.39 is 58.3 Å². The van der Waals surface area contributed by atoms with Crippen molar-refractivity contribution in [2.45, 2.75) is 78.8 Å². The number of rotatable bonds is 11. The first kappa shape index (κ1) is 36.6. The topological polar surface area (TPSA) is 164 Å². The number of hydrogen-bond donors (Lipinski definition) is 2. The molecule has 0 aliphatic rings. The second-order valence-corrected chi connectivity index (χ2v) is 12.5. The number of ether oxygens (including phenoxy) is 4. The van der Waals surface area contributed by atoms with Gasteiger partial charge in [-0.1, -0.05) is 0 Å². The SMILES string of the molecule is Cc1nc(N[C@H](C)c2cc([N+](=O)[O-])cc(C(F)(F)F)c2)c2cc(OCC(=O)OC(C)(C)C)c(OCCNC(=O)OC(C)(C)C)cc2n1. The molecule has 0 aliphatic carbocycles. The molecule has 0 fully saturated rings. The number of alkyl carbamates (subject to hydrolysis) is 1. The van der Waals surface area contributed by atoms with Crippen molar-refractivity contribution in [3.8, 4) is 11.5 Å². The molecule has 0 unspecified atom stereocenters. The molecular formula is C31H38F3N5O8. The number of aromatic nitrogens is 2. The van der Waals surface area contributed by atoms with Gasteiger partial charge in [0.15, 0.2) is 18.1 Å². The second-order valence-electron chi connectivity index (χ2n) is 12.5. The number of carbonyl (C=O) groups is 2. The molecule has 47 heavy (non-hydrogen) atoms. The molecule has 0 aliphatic heterocycles. The first-order valence-electron chi connectivity index (χ1n) is 14.5.